The SMILES string of the molecule is C=CC(=O)Nc1cncc(-c2nc3nc(Nc4ccc(N5CCN(C)CC5)c(F)c4F)ncc3c(=O)[nH]2)c1. The fraction of sp³-hybridized carbons (Fsp3) is 0.200. The summed E-state index contributed by atoms with van der Waals surface area (Å²) in [6.45, 7) is 6.09. The number of likely N-dealkylation sites (N-methyl/N-ethyl adjacent to an activating group) is 1. The smallest absolute Gasteiger partial charge is 0.262 e. The van der Waals surface area contributed by atoms with Gasteiger partial charge in [0.1, 0.15) is 11.2 Å². The molecule has 1 aliphatic heterocycles. The number of carbonyl (C=O) groups is 1. The summed E-state index contributed by atoms with van der Waals surface area (Å²) >= 11 is 0. The molecule has 3 N–H and O–H groups in total. The van der Waals surface area contributed by atoms with Crippen LogP contribution in [-0.2, 0) is 4.79 Å². The van der Waals surface area contributed by atoms with Crippen LogP contribution >= 0.6 is 0 Å². The van der Waals surface area contributed by atoms with Crippen molar-refractivity contribution in [1.29, 1.82) is 0 Å². The van der Waals surface area contributed by atoms with Gasteiger partial charge in [0.2, 0.25) is 11.9 Å². The van der Waals surface area contributed by atoms with E-state index in [2.05, 4.69) is 47.0 Å². The van der Waals surface area contributed by atoms with E-state index in [0.29, 0.717) is 24.3 Å². The number of amides is 1. The molecule has 1 aliphatic rings. The lowest BCUT2D eigenvalue weighted by molar-refractivity contribution is -0.111. The number of piperazine rings is 1. The van der Waals surface area contributed by atoms with Gasteiger partial charge in [-0.1, -0.05) is 6.58 Å². The fourth-order valence-electron chi connectivity index (χ4n) is 4.00. The number of H-pyrrole nitrogens is 1. The predicted octanol–water partition coefficient (Wildman–Crippen LogP) is 2.67. The first-order valence-corrected chi connectivity index (χ1v) is 11.7. The Kier molecular flexibility index (Phi) is 6.75. The highest BCUT2D eigenvalue weighted by molar-refractivity contribution is 5.99. The molecule has 0 unspecified atom stereocenters. The number of hydrogen-bond acceptors (Lipinski definition) is 9. The zero-order valence-corrected chi connectivity index (χ0v) is 20.3. The van der Waals surface area contributed by atoms with Gasteiger partial charge in [-0.15, -0.1) is 0 Å². The van der Waals surface area contributed by atoms with Crippen LogP contribution in [0.2, 0.25) is 0 Å². The molecule has 0 aliphatic carbocycles. The van der Waals surface area contributed by atoms with Gasteiger partial charge in [-0.2, -0.15) is 4.98 Å². The monoisotopic (exact) mass is 519 g/mol. The quantitative estimate of drug-likeness (QED) is 0.329. The minimum Gasteiger partial charge on any atom is -0.367 e. The first kappa shape index (κ1) is 24.9. The summed E-state index contributed by atoms with van der Waals surface area (Å²) in [6, 6.07) is 4.50. The largest absolute Gasteiger partial charge is 0.367 e. The van der Waals surface area contributed by atoms with E-state index < -0.39 is 23.1 Å². The summed E-state index contributed by atoms with van der Waals surface area (Å²) in [5, 5.41) is 5.35. The molecule has 1 saturated heterocycles. The molecule has 0 atom stereocenters. The third-order valence-electron chi connectivity index (χ3n) is 6.08. The molecule has 4 aromatic rings. The highest BCUT2D eigenvalue weighted by Crippen LogP contribution is 2.29. The van der Waals surface area contributed by atoms with Crippen LogP contribution in [0.15, 0.2) is 54.2 Å². The van der Waals surface area contributed by atoms with Crippen molar-refractivity contribution in [3.8, 4) is 11.4 Å². The highest BCUT2D eigenvalue weighted by Gasteiger charge is 2.22. The van der Waals surface area contributed by atoms with Crippen molar-refractivity contribution in [2.75, 3.05) is 48.8 Å². The maximum Gasteiger partial charge on any atom is 0.262 e. The Bertz CT molecular complexity index is 1600. The summed E-state index contributed by atoms with van der Waals surface area (Å²) in [5.74, 6) is -2.38. The number of aromatic amines is 1. The van der Waals surface area contributed by atoms with Crippen LogP contribution in [0.1, 0.15) is 0 Å². The maximum atomic E-state index is 15.0. The molecule has 1 fully saturated rings. The first-order valence-electron chi connectivity index (χ1n) is 11.7. The number of halogens is 2. The number of nitrogens with zero attached hydrogens (tertiary/aromatic N) is 6. The number of nitrogens with one attached hydrogen (secondary N) is 3. The van der Waals surface area contributed by atoms with Crippen LogP contribution in [0.5, 0.6) is 0 Å². The van der Waals surface area contributed by atoms with Crippen molar-refractivity contribution in [1.82, 2.24) is 29.8 Å². The second kappa shape index (κ2) is 10.3. The topological polar surface area (TPSA) is 132 Å². The minimum atomic E-state index is -1.06. The Labute approximate surface area is 215 Å². The van der Waals surface area contributed by atoms with Crippen molar-refractivity contribution in [3.63, 3.8) is 0 Å². The Balaban J connectivity index is 1.43. The molecule has 5 rings (SSSR count). The number of benzene rings is 1. The molecule has 3 aromatic heterocycles. The average molecular weight is 520 g/mol. The van der Waals surface area contributed by atoms with Gasteiger partial charge in [-0.3, -0.25) is 14.6 Å². The zero-order chi connectivity index (χ0) is 26.8. The second-order valence-corrected chi connectivity index (χ2v) is 8.68. The third kappa shape index (κ3) is 5.04. The van der Waals surface area contributed by atoms with E-state index in [0.717, 1.165) is 19.2 Å². The summed E-state index contributed by atoms with van der Waals surface area (Å²) in [5.41, 5.74) is 0.338. The molecule has 38 heavy (non-hydrogen) atoms. The van der Waals surface area contributed by atoms with Crippen molar-refractivity contribution in [2.24, 2.45) is 0 Å². The average Bonchev–Trinajstić information content (AvgIpc) is 2.92. The van der Waals surface area contributed by atoms with Crippen molar-refractivity contribution in [3.05, 3.63) is 71.4 Å². The molecule has 0 bridgehead atoms. The molecule has 194 valence electrons. The number of anilines is 4. The zero-order valence-electron chi connectivity index (χ0n) is 20.3. The molecule has 1 aromatic carbocycles. The van der Waals surface area contributed by atoms with E-state index >= 15 is 0 Å². The van der Waals surface area contributed by atoms with Gasteiger partial charge < -0.3 is 25.4 Å². The molecule has 13 heteroatoms. The van der Waals surface area contributed by atoms with Crippen LogP contribution in [0.25, 0.3) is 22.4 Å². The number of hydrogen-bond donors (Lipinski definition) is 3. The number of rotatable bonds is 6. The normalized spacial score (nSPS) is 13.9. The van der Waals surface area contributed by atoms with Gasteiger partial charge in [0.15, 0.2) is 17.3 Å². The number of carbonyl (C=O) groups excluding carboxylic acids is 1. The third-order valence-corrected chi connectivity index (χ3v) is 6.08. The maximum absolute atomic E-state index is 15.0. The fourth-order valence-corrected chi connectivity index (χ4v) is 4.00. The minimum absolute atomic E-state index is 0.0247. The van der Waals surface area contributed by atoms with Crippen LogP contribution < -0.4 is 21.1 Å². The first-order chi connectivity index (χ1) is 18.3. The van der Waals surface area contributed by atoms with Crippen molar-refractivity contribution >= 4 is 40.0 Å². The van der Waals surface area contributed by atoms with Crippen molar-refractivity contribution in [2.45, 2.75) is 0 Å². The standard InChI is InChI=1S/C25H23F2N9O2/c1-3-19(37)30-15-10-14(11-28-12-15)22-32-23-16(24(38)33-22)13-29-25(34-23)31-17-4-5-18(21(27)20(17)26)36-8-6-35(2)7-9-36/h3-5,10-13H,1,6-9H2,2H3,(H,30,37)(H2,29,31,32,33,34,38). The molecule has 0 saturated carbocycles. The second-order valence-electron chi connectivity index (χ2n) is 8.68. The van der Waals surface area contributed by atoms with E-state index in [9.17, 15) is 18.4 Å². The predicted molar refractivity (Wildman–Crippen MR) is 139 cm³/mol. The summed E-state index contributed by atoms with van der Waals surface area (Å²) < 4.78 is 29.9. The Morgan fingerprint density at radius 3 is 2.66 bits per heavy atom. The van der Waals surface area contributed by atoms with Gasteiger partial charge in [-0.25, -0.2) is 18.7 Å². The van der Waals surface area contributed by atoms with E-state index in [1.54, 1.807) is 11.0 Å². The van der Waals surface area contributed by atoms with E-state index in [1.807, 2.05) is 7.05 Å². The van der Waals surface area contributed by atoms with Crippen LogP contribution in [0.4, 0.5) is 31.8 Å². The van der Waals surface area contributed by atoms with Gasteiger partial charge in [-0.05, 0) is 31.3 Å². The lowest BCUT2D eigenvalue weighted by Gasteiger charge is -2.34. The number of fused-ring (bicyclic) bond motifs is 1. The molecule has 4 heterocycles. The molecule has 0 spiro atoms. The molecule has 0 radical (unpaired) electrons. The Morgan fingerprint density at radius 2 is 1.89 bits per heavy atom. The molecule has 1 amide bonds. The Morgan fingerprint density at radius 1 is 1.11 bits per heavy atom. The lowest BCUT2D eigenvalue weighted by Crippen LogP contribution is -2.44. The van der Waals surface area contributed by atoms with Gasteiger partial charge in [0.25, 0.3) is 5.56 Å². The Hall–Kier alpha value is -4.78. The lowest BCUT2D eigenvalue weighted by atomic mass is 10.2. The molecule has 11 nitrogen and oxygen atoms in total. The van der Waals surface area contributed by atoms with Gasteiger partial charge in [0, 0.05) is 44.1 Å². The van der Waals surface area contributed by atoms with E-state index in [1.165, 1.54) is 30.7 Å². The summed E-state index contributed by atoms with van der Waals surface area (Å²) in [7, 11) is 1.98. The molecular formula is C25H23F2N9O2. The summed E-state index contributed by atoms with van der Waals surface area (Å²) in [6.07, 6.45) is 5.24. The molecular weight excluding hydrogens is 496 g/mol. The van der Waals surface area contributed by atoms with Gasteiger partial charge >= 0.3 is 0 Å². The number of pyridine rings is 1. The van der Waals surface area contributed by atoms with Crippen LogP contribution in [0, 0.1) is 11.6 Å². The van der Waals surface area contributed by atoms with E-state index in [4.69, 9.17) is 0 Å². The van der Waals surface area contributed by atoms with Crippen molar-refractivity contribution < 1.29 is 13.6 Å². The van der Waals surface area contributed by atoms with Gasteiger partial charge in [0.05, 0.1) is 23.3 Å². The van der Waals surface area contributed by atoms with Crippen LogP contribution in [0.3, 0.4) is 0 Å². The van der Waals surface area contributed by atoms with Crippen LogP contribution in [-0.4, -0.2) is 69.0 Å². The highest BCUT2D eigenvalue weighted by atomic mass is 19.2. The number of aromatic nitrogens is 5. The summed E-state index contributed by atoms with van der Waals surface area (Å²) in [4.78, 5) is 47.5. The van der Waals surface area contributed by atoms with E-state index in [-0.39, 0.29) is 34.2 Å².